The van der Waals surface area contributed by atoms with Crippen LogP contribution in [0.5, 0.6) is 0 Å². The monoisotopic (exact) mass is 712 g/mol. The third kappa shape index (κ3) is 9.65. The number of rotatable bonds is 8. The van der Waals surface area contributed by atoms with Crippen molar-refractivity contribution in [1.82, 2.24) is 0 Å². The summed E-state index contributed by atoms with van der Waals surface area (Å²) < 4.78 is 0. The van der Waals surface area contributed by atoms with Crippen molar-refractivity contribution >= 4 is 48.0 Å². The summed E-state index contributed by atoms with van der Waals surface area (Å²) in [4.78, 5) is 0. The van der Waals surface area contributed by atoms with Gasteiger partial charge in [0.1, 0.15) is 0 Å². The summed E-state index contributed by atoms with van der Waals surface area (Å²) in [7, 11) is 0.0766. The molecule has 0 unspecified atom stereocenters. The zero-order valence-electron chi connectivity index (χ0n) is 22.1. The van der Waals surface area contributed by atoms with Gasteiger partial charge in [0.2, 0.25) is 0 Å². The molecule has 0 spiro atoms. The Kier molecular flexibility index (Phi) is 17.5. The van der Waals surface area contributed by atoms with Crippen LogP contribution in [0.3, 0.4) is 0 Å². The molecule has 5 heteroatoms. The van der Waals surface area contributed by atoms with E-state index in [-0.39, 0.29) is 66.5 Å². The molecule has 0 saturated carbocycles. The summed E-state index contributed by atoms with van der Waals surface area (Å²) in [5.41, 5.74) is 1.54. The smallest absolute Gasteiger partial charge is 1.00 e. The Morgan fingerprint density at radius 1 is 0.657 bits per heavy atom. The van der Waals surface area contributed by atoms with E-state index < -0.39 is 0 Å². The SMILES string of the molecule is CC(C)P(c1cc2ccccc2[cH-]1)C(C)C.CCCP(CCC)c1cc2ccccc2[cH-]1.[Cl-].[Cl-].[Hf+4]. The van der Waals surface area contributed by atoms with Crippen LogP contribution < -0.4 is 35.4 Å². The van der Waals surface area contributed by atoms with Crippen molar-refractivity contribution in [2.24, 2.45) is 0 Å². The van der Waals surface area contributed by atoms with Crippen LogP contribution in [0.4, 0.5) is 0 Å². The van der Waals surface area contributed by atoms with Gasteiger partial charge in [0.25, 0.3) is 0 Å². The van der Waals surface area contributed by atoms with Crippen molar-refractivity contribution in [3.8, 4) is 0 Å². The van der Waals surface area contributed by atoms with E-state index in [4.69, 9.17) is 0 Å². The predicted octanol–water partition coefficient (Wildman–Crippen LogP) is 2.97. The molecule has 4 aromatic carbocycles. The number of hydrogen-bond donors (Lipinski definition) is 0. The van der Waals surface area contributed by atoms with Gasteiger partial charge in [-0.25, -0.2) is 0 Å². The maximum atomic E-state index is 2.41. The molecule has 0 aliphatic heterocycles. The van der Waals surface area contributed by atoms with Gasteiger partial charge >= 0.3 is 25.8 Å². The third-order valence-corrected chi connectivity index (χ3v) is 12.0. The molecule has 0 amide bonds. The molecule has 0 radical (unpaired) electrons. The first kappa shape index (κ1) is 35.0. The standard InChI is InChI=1S/2C15H20P.2ClH.Hf/c1-11(2)16(12(3)4)15-9-13-7-5-6-8-14(13)10-15;1-3-9-16(10-4-2)15-11-13-7-5-6-8-14(13)12-15;;;/h5-12H,1-4H3;5-8,11-12H,3-4,9-10H2,1-2H3;2*1H;/q2*-1;;;+4/p-2. The number of hydrogen-bond acceptors (Lipinski definition) is 0. The number of fused-ring (bicyclic) bond motifs is 2. The fourth-order valence-corrected chi connectivity index (χ4v) is 10.1. The van der Waals surface area contributed by atoms with E-state index in [2.05, 4.69) is 114 Å². The normalized spacial score (nSPS) is 10.8. The van der Waals surface area contributed by atoms with Gasteiger partial charge in [0.05, 0.1) is 0 Å². The second-order valence-electron chi connectivity index (χ2n) is 9.27. The molecule has 0 atom stereocenters. The van der Waals surface area contributed by atoms with Crippen LogP contribution in [0.1, 0.15) is 54.4 Å². The zero-order valence-corrected chi connectivity index (χ0v) is 29.0. The molecule has 0 aliphatic rings. The first-order chi connectivity index (χ1) is 15.4. The van der Waals surface area contributed by atoms with E-state index in [1.54, 1.807) is 10.6 Å². The van der Waals surface area contributed by atoms with Crippen LogP contribution in [0.2, 0.25) is 0 Å². The zero-order chi connectivity index (χ0) is 23.1. The van der Waals surface area contributed by atoms with Gasteiger partial charge in [-0.2, -0.15) is 12.1 Å². The molecule has 4 rings (SSSR count). The summed E-state index contributed by atoms with van der Waals surface area (Å²) in [5, 5.41) is 8.80. The first-order valence-electron chi connectivity index (χ1n) is 12.3. The third-order valence-electron chi connectivity index (χ3n) is 5.97. The minimum atomic E-state index is -0.0206. The maximum absolute atomic E-state index is 2.41. The molecule has 0 saturated heterocycles. The number of benzene rings is 2. The Morgan fingerprint density at radius 2 is 1.06 bits per heavy atom. The quantitative estimate of drug-likeness (QED) is 0.150. The molecule has 0 heterocycles. The molecule has 0 aromatic heterocycles. The van der Waals surface area contributed by atoms with Gasteiger partial charge in [0, 0.05) is 0 Å². The molecule has 188 valence electrons. The van der Waals surface area contributed by atoms with E-state index in [1.807, 2.05) is 0 Å². The number of halogens is 2. The van der Waals surface area contributed by atoms with Crippen molar-refractivity contribution in [2.75, 3.05) is 12.3 Å². The predicted molar refractivity (Wildman–Crippen MR) is 153 cm³/mol. The first-order valence-corrected chi connectivity index (χ1v) is 15.5. The average molecular weight is 712 g/mol. The van der Waals surface area contributed by atoms with Crippen molar-refractivity contribution < 1.29 is 50.7 Å². The largest absolute Gasteiger partial charge is 4.00 e. The van der Waals surface area contributed by atoms with Gasteiger partial charge in [-0.3, -0.25) is 0 Å². The Hall–Kier alpha value is -0.0299. The molecule has 35 heavy (non-hydrogen) atoms. The molecule has 4 aromatic rings. The molecule has 0 fully saturated rings. The van der Waals surface area contributed by atoms with E-state index in [9.17, 15) is 0 Å². The van der Waals surface area contributed by atoms with Gasteiger partial charge in [-0.05, 0) is 23.6 Å². The summed E-state index contributed by atoms with van der Waals surface area (Å²) in [5.74, 6) is 0. The fourth-order valence-electron chi connectivity index (χ4n) is 4.70. The molecule has 0 N–H and O–H groups in total. The average Bonchev–Trinajstić information content (AvgIpc) is 3.37. The summed E-state index contributed by atoms with van der Waals surface area (Å²) in [6, 6.07) is 27.0. The van der Waals surface area contributed by atoms with Crippen LogP contribution >= 0.6 is 15.8 Å². The van der Waals surface area contributed by atoms with E-state index in [1.165, 1.54) is 46.7 Å². The van der Waals surface area contributed by atoms with E-state index >= 15 is 0 Å². The second-order valence-corrected chi connectivity index (χ2v) is 15.2. The molecule has 0 bridgehead atoms. The van der Waals surface area contributed by atoms with Gasteiger partial charge in [0.15, 0.2) is 0 Å². The summed E-state index contributed by atoms with van der Waals surface area (Å²) >= 11 is 0. The van der Waals surface area contributed by atoms with Crippen molar-refractivity contribution in [3.63, 3.8) is 0 Å². The Morgan fingerprint density at radius 3 is 1.46 bits per heavy atom. The van der Waals surface area contributed by atoms with Crippen LogP contribution in [0, 0.1) is 0 Å². The summed E-state index contributed by atoms with van der Waals surface area (Å²) in [6.07, 6.45) is 5.40. The Bertz CT molecular complexity index is 1020. The molecular formula is C30H40Cl2HfP2. The van der Waals surface area contributed by atoms with Crippen LogP contribution in [0.25, 0.3) is 21.5 Å². The Labute approximate surface area is 247 Å². The minimum absolute atomic E-state index is 0. The minimum Gasteiger partial charge on any atom is -1.00 e. The molecule has 0 nitrogen and oxygen atoms in total. The van der Waals surface area contributed by atoms with E-state index in [0.29, 0.717) is 0 Å². The van der Waals surface area contributed by atoms with Crippen molar-refractivity contribution in [1.29, 1.82) is 0 Å². The van der Waals surface area contributed by atoms with Crippen LogP contribution in [0.15, 0.2) is 72.8 Å². The fraction of sp³-hybridized carbons (Fsp3) is 0.400. The van der Waals surface area contributed by atoms with Crippen molar-refractivity contribution in [3.05, 3.63) is 72.8 Å². The van der Waals surface area contributed by atoms with Gasteiger partial charge in [-0.15, -0.1) is 80.7 Å². The van der Waals surface area contributed by atoms with Gasteiger partial charge in [-0.1, -0.05) is 82.4 Å². The van der Waals surface area contributed by atoms with Crippen LogP contribution in [-0.4, -0.2) is 23.6 Å². The van der Waals surface area contributed by atoms with E-state index in [0.717, 1.165) is 11.3 Å². The Balaban J connectivity index is 0.000000608. The van der Waals surface area contributed by atoms with Crippen molar-refractivity contribution in [2.45, 2.75) is 65.7 Å². The van der Waals surface area contributed by atoms with Gasteiger partial charge < -0.3 is 24.8 Å². The maximum Gasteiger partial charge on any atom is 4.00 e. The molecular weight excluding hydrogens is 672 g/mol. The molecule has 0 aliphatic carbocycles. The second kappa shape index (κ2) is 17.5. The topological polar surface area (TPSA) is 0 Å². The van der Waals surface area contributed by atoms with Crippen LogP contribution in [-0.2, 0) is 25.8 Å². The summed E-state index contributed by atoms with van der Waals surface area (Å²) in [6.45, 7) is 14.0.